The number of hydrogen-bond donors (Lipinski definition) is 1. The first-order chi connectivity index (χ1) is 13.2. The van der Waals surface area contributed by atoms with E-state index in [-0.39, 0.29) is 11.7 Å². The second-order valence-corrected chi connectivity index (χ2v) is 6.18. The quantitative estimate of drug-likeness (QED) is 0.632. The van der Waals surface area contributed by atoms with Crippen molar-refractivity contribution in [2.45, 2.75) is 12.8 Å². The number of nitrogens with one attached hydrogen (secondary N) is 1. The molecule has 0 unspecified atom stereocenters. The minimum Gasteiger partial charge on any atom is -0.497 e. The van der Waals surface area contributed by atoms with E-state index in [1.807, 2.05) is 42.5 Å². The molecule has 3 rings (SSSR count). The Morgan fingerprint density at radius 1 is 0.852 bits per heavy atom. The van der Waals surface area contributed by atoms with Crippen molar-refractivity contribution in [2.24, 2.45) is 0 Å². The number of carbonyl (C=O) groups is 2. The second kappa shape index (κ2) is 8.81. The Morgan fingerprint density at radius 3 is 2.37 bits per heavy atom. The number of rotatable bonds is 7. The summed E-state index contributed by atoms with van der Waals surface area (Å²) in [6.07, 6.45) is 0.968. The smallest absolute Gasteiger partial charge is 0.224 e. The maximum absolute atomic E-state index is 12.5. The number of aryl methyl sites for hydroxylation is 1. The van der Waals surface area contributed by atoms with Crippen molar-refractivity contribution in [3.8, 4) is 5.75 Å². The van der Waals surface area contributed by atoms with Gasteiger partial charge in [0.15, 0.2) is 5.78 Å². The maximum atomic E-state index is 12.5. The van der Waals surface area contributed by atoms with Gasteiger partial charge in [-0.2, -0.15) is 0 Å². The van der Waals surface area contributed by atoms with Gasteiger partial charge in [0.2, 0.25) is 5.91 Å². The number of ether oxygens (including phenoxy) is 1. The SMILES string of the molecule is COc1cccc(CCC(=O)Nc2cccc(C(=O)c3ccccc3)c2)c1. The molecule has 3 aromatic rings. The minimum atomic E-state index is -0.0953. The molecule has 4 nitrogen and oxygen atoms in total. The van der Waals surface area contributed by atoms with Crippen molar-refractivity contribution in [3.63, 3.8) is 0 Å². The van der Waals surface area contributed by atoms with Gasteiger partial charge in [0.1, 0.15) is 5.75 Å². The number of hydrogen-bond acceptors (Lipinski definition) is 3. The molecule has 1 N–H and O–H groups in total. The highest BCUT2D eigenvalue weighted by Gasteiger charge is 2.10. The van der Waals surface area contributed by atoms with Crippen LogP contribution in [0.4, 0.5) is 5.69 Å². The lowest BCUT2D eigenvalue weighted by molar-refractivity contribution is -0.116. The van der Waals surface area contributed by atoms with Gasteiger partial charge < -0.3 is 10.1 Å². The Labute approximate surface area is 158 Å². The fourth-order valence-corrected chi connectivity index (χ4v) is 2.80. The topological polar surface area (TPSA) is 55.4 Å². The normalized spacial score (nSPS) is 10.3. The standard InChI is InChI=1S/C23H21NO3/c1-27-21-12-5-7-17(15-21)13-14-22(25)24-20-11-6-10-19(16-20)23(26)18-8-3-2-4-9-18/h2-12,15-16H,13-14H2,1H3,(H,24,25). The molecule has 0 aliphatic carbocycles. The summed E-state index contributed by atoms with van der Waals surface area (Å²) in [5.74, 6) is 0.616. The third kappa shape index (κ3) is 5.05. The number of ketones is 1. The van der Waals surface area contributed by atoms with Crippen LogP contribution in [-0.4, -0.2) is 18.8 Å². The number of methoxy groups -OCH3 is 1. The summed E-state index contributed by atoms with van der Waals surface area (Å²) in [7, 11) is 1.62. The van der Waals surface area contributed by atoms with E-state index in [1.54, 1.807) is 43.5 Å². The monoisotopic (exact) mass is 359 g/mol. The van der Waals surface area contributed by atoms with E-state index in [4.69, 9.17) is 4.74 Å². The number of anilines is 1. The van der Waals surface area contributed by atoms with Crippen molar-refractivity contribution < 1.29 is 14.3 Å². The highest BCUT2D eigenvalue weighted by Crippen LogP contribution is 2.17. The highest BCUT2D eigenvalue weighted by atomic mass is 16.5. The summed E-state index contributed by atoms with van der Waals surface area (Å²) in [6, 6.07) is 23.8. The molecule has 0 atom stereocenters. The van der Waals surface area contributed by atoms with E-state index in [2.05, 4.69) is 5.32 Å². The molecule has 0 aliphatic heterocycles. The van der Waals surface area contributed by atoms with Crippen LogP contribution in [0.15, 0.2) is 78.9 Å². The molecule has 0 spiro atoms. The first-order valence-electron chi connectivity index (χ1n) is 8.78. The molecule has 0 aromatic heterocycles. The zero-order chi connectivity index (χ0) is 19.1. The molecule has 0 fully saturated rings. The lowest BCUT2D eigenvalue weighted by Gasteiger charge is -2.08. The molecule has 0 heterocycles. The van der Waals surface area contributed by atoms with E-state index in [0.717, 1.165) is 11.3 Å². The van der Waals surface area contributed by atoms with Gasteiger partial charge in [0.25, 0.3) is 0 Å². The summed E-state index contributed by atoms with van der Waals surface area (Å²) in [5.41, 5.74) is 2.83. The zero-order valence-electron chi connectivity index (χ0n) is 15.1. The van der Waals surface area contributed by atoms with Gasteiger partial charge in [0, 0.05) is 23.2 Å². The lowest BCUT2D eigenvalue weighted by Crippen LogP contribution is -2.13. The van der Waals surface area contributed by atoms with Crippen LogP contribution in [0.1, 0.15) is 27.9 Å². The molecule has 27 heavy (non-hydrogen) atoms. The van der Waals surface area contributed by atoms with Crippen LogP contribution in [0.25, 0.3) is 0 Å². The third-order valence-electron chi connectivity index (χ3n) is 4.22. The lowest BCUT2D eigenvalue weighted by atomic mass is 10.0. The van der Waals surface area contributed by atoms with Gasteiger partial charge in [-0.25, -0.2) is 0 Å². The van der Waals surface area contributed by atoms with Crippen LogP contribution >= 0.6 is 0 Å². The highest BCUT2D eigenvalue weighted by molar-refractivity contribution is 6.09. The molecule has 1 amide bonds. The second-order valence-electron chi connectivity index (χ2n) is 6.18. The first-order valence-corrected chi connectivity index (χ1v) is 8.78. The van der Waals surface area contributed by atoms with Gasteiger partial charge in [0.05, 0.1) is 7.11 Å². The van der Waals surface area contributed by atoms with Crippen LogP contribution in [0.2, 0.25) is 0 Å². The summed E-state index contributed by atoms with van der Waals surface area (Å²) in [5, 5.41) is 2.87. The number of amides is 1. The first kappa shape index (κ1) is 18.4. The Bertz CT molecular complexity index is 935. The van der Waals surface area contributed by atoms with Crippen LogP contribution in [-0.2, 0) is 11.2 Å². The molecule has 136 valence electrons. The predicted octanol–water partition coefficient (Wildman–Crippen LogP) is 4.50. The minimum absolute atomic E-state index is 0.0666. The Morgan fingerprint density at radius 2 is 1.59 bits per heavy atom. The molecule has 0 radical (unpaired) electrons. The van der Waals surface area contributed by atoms with Gasteiger partial charge in [-0.3, -0.25) is 9.59 Å². The van der Waals surface area contributed by atoms with Crippen LogP contribution in [0, 0.1) is 0 Å². The molecular weight excluding hydrogens is 338 g/mol. The maximum Gasteiger partial charge on any atom is 0.224 e. The van der Waals surface area contributed by atoms with Gasteiger partial charge >= 0.3 is 0 Å². The zero-order valence-corrected chi connectivity index (χ0v) is 15.1. The molecule has 0 saturated heterocycles. The fourth-order valence-electron chi connectivity index (χ4n) is 2.80. The van der Waals surface area contributed by atoms with E-state index in [1.165, 1.54) is 0 Å². The van der Waals surface area contributed by atoms with Gasteiger partial charge in [-0.15, -0.1) is 0 Å². The van der Waals surface area contributed by atoms with E-state index >= 15 is 0 Å². The summed E-state index contributed by atoms with van der Waals surface area (Å²) in [6.45, 7) is 0. The summed E-state index contributed by atoms with van der Waals surface area (Å²) in [4.78, 5) is 24.8. The Kier molecular flexibility index (Phi) is 6.00. The van der Waals surface area contributed by atoms with Crippen LogP contribution in [0.5, 0.6) is 5.75 Å². The molecule has 0 saturated carbocycles. The molecular formula is C23H21NO3. The van der Waals surface area contributed by atoms with E-state index < -0.39 is 0 Å². The number of benzene rings is 3. The molecule has 0 aliphatic rings. The largest absolute Gasteiger partial charge is 0.497 e. The van der Waals surface area contributed by atoms with E-state index in [9.17, 15) is 9.59 Å². The summed E-state index contributed by atoms with van der Waals surface area (Å²) < 4.78 is 5.20. The fraction of sp³-hybridized carbons (Fsp3) is 0.130. The molecule has 3 aromatic carbocycles. The average Bonchev–Trinajstić information content (AvgIpc) is 2.72. The van der Waals surface area contributed by atoms with Crippen molar-refractivity contribution in [3.05, 3.63) is 95.6 Å². The number of carbonyl (C=O) groups excluding carboxylic acids is 2. The van der Waals surface area contributed by atoms with Crippen molar-refractivity contribution in [2.75, 3.05) is 12.4 Å². The van der Waals surface area contributed by atoms with Crippen molar-refractivity contribution in [1.29, 1.82) is 0 Å². The average molecular weight is 359 g/mol. The van der Waals surface area contributed by atoms with Gasteiger partial charge in [-0.1, -0.05) is 54.6 Å². The van der Waals surface area contributed by atoms with Crippen molar-refractivity contribution >= 4 is 17.4 Å². The molecule has 0 bridgehead atoms. The van der Waals surface area contributed by atoms with Gasteiger partial charge in [-0.05, 0) is 36.2 Å². The van der Waals surface area contributed by atoms with E-state index in [0.29, 0.717) is 29.7 Å². The van der Waals surface area contributed by atoms with Crippen LogP contribution < -0.4 is 10.1 Å². The third-order valence-corrected chi connectivity index (χ3v) is 4.22. The van der Waals surface area contributed by atoms with Crippen molar-refractivity contribution in [1.82, 2.24) is 0 Å². The predicted molar refractivity (Wildman–Crippen MR) is 106 cm³/mol. The summed E-state index contributed by atoms with van der Waals surface area (Å²) >= 11 is 0. The Balaban J connectivity index is 1.62. The van der Waals surface area contributed by atoms with Crippen LogP contribution in [0.3, 0.4) is 0 Å². The molecule has 4 heteroatoms. The Hall–Kier alpha value is -3.40.